The van der Waals surface area contributed by atoms with E-state index >= 15 is 0 Å². The van der Waals surface area contributed by atoms with Crippen molar-refractivity contribution < 1.29 is 8.95 Å². The number of rotatable bonds is 3. The maximum atomic E-state index is 12.0. The fraction of sp³-hybridized carbons (Fsp3) is 0.571. The van der Waals surface area contributed by atoms with Crippen LogP contribution < -0.4 is 10.1 Å². The van der Waals surface area contributed by atoms with Gasteiger partial charge < -0.3 is 10.1 Å². The van der Waals surface area contributed by atoms with Crippen LogP contribution in [-0.2, 0) is 10.8 Å². The van der Waals surface area contributed by atoms with E-state index in [4.69, 9.17) is 4.74 Å². The summed E-state index contributed by atoms with van der Waals surface area (Å²) in [6, 6.07) is 8.30. The Balaban J connectivity index is 2.08. The predicted octanol–water partition coefficient (Wildman–Crippen LogP) is 2.26. The topological polar surface area (TPSA) is 38.3 Å². The van der Waals surface area contributed by atoms with Gasteiger partial charge in [-0.05, 0) is 37.6 Å². The summed E-state index contributed by atoms with van der Waals surface area (Å²) >= 11 is 0. The van der Waals surface area contributed by atoms with Crippen LogP contribution in [0.1, 0.15) is 31.9 Å². The monoisotopic (exact) mass is 267 g/mol. The molecule has 3 unspecified atom stereocenters. The van der Waals surface area contributed by atoms with E-state index in [9.17, 15) is 4.21 Å². The SMILES string of the molecule is CCOc1ccc(C2CS(=O)C(C)CCN2)cc1. The summed E-state index contributed by atoms with van der Waals surface area (Å²) in [6.07, 6.45) is 0.986. The Bertz CT molecular complexity index is 405. The molecule has 0 aliphatic carbocycles. The minimum Gasteiger partial charge on any atom is -0.494 e. The third kappa shape index (κ3) is 3.33. The molecule has 100 valence electrons. The van der Waals surface area contributed by atoms with Crippen molar-refractivity contribution in [2.45, 2.75) is 31.6 Å². The molecule has 1 aliphatic rings. The second kappa shape index (κ2) is 6.34. The molecule has 4 heteroatoms. The van der Waals surface area contributed by atoms with Gasteiger partial charge in [-0.15, -0.1) is 0 Å². The van der Waals surface area contributed by atoms with Crippen molar-refractivity contribution in [3.05, 3.63) is 29.8 Å². The van der Waals surface area contributed by atoms with Gasteiger partial charge >= 0.3 is 0 Å². The summed E-state index contributed by atoms with van der Waals surface area (Å²) in [7, 11) is -0.735. The molecular formula is C14H21NO2S. The third-order valence-electron chi connectivity index (χ3n) is 3.31. The van der Waals surface area contributed by atoms with Gasteiger partial charge in [0.05, 0.1) is 6.61 Å². The molecule has 0 aromatic heterocycles. The number of hydrogen-bond donors (Lipinski definition) is 1. The normalized spacial score (nSPS) is 28.7. The quantitative estimate of drug-likeness (QED) is 0.913. The van der Waals surface area contributed by atoms with Crippen molar-refractivity contribution in [3.63, 3.8) is 0 Å². The van der Waals surface area contributed by atoms with Gasteiger partial charge in [-0.3, -0.25) is 4.21 Å². The lowest BCUT2D eigenvalue weighted by Gasteiger charge is -2.16. The van der Waals surface area contributed by atoms with Crippen molar-refractivity contribution in [1.29, 1.82) is 0 Å². The fourth-order valence-electron chi connectivity index (χ4n) is 2.16. The number of hydrogen-bond acceptors (Lipinski definition) is 3. The second-order valence-corrected chi connectivity index (χ2v) is 6.56. The molecule has 3 atom stereocenters. The molecule has 0 bridgehead atoms. The van der Waals surface area contributed by atoms with Crippen LogP contribution in [-0.4, -0.2) is 28.4 Å². The van der Waals surface area contributed by atoms with Crippen molar-refractivity contribution in [3.8, 4) is 5.75 Å². The molecule has 1 N–H and O–H groups in total. The van der Waals surface area contributed by atoms with Gasteiger partial charge in [0.1, 0.15) is 5.75 Å². The Morgan fingerprint density at radius 1 is 1.39 bits per heavy atom. The molecule has 3 nitrogen and oxygen atoms in total. The molecule has 0 amide bonds. The fourth-order valence-corrected chi connectivity index (χ4v) is 3.50. The zero-order chi connectivity index (χ0) is 13.0. The molecule has 0 saturated carbocycles. The first-order chi connectivity index (χ1) is 8.70. The highest BCUT2D eigenvalue weighted by atomic mass is 32.2. The molecule has 18 heavy (non-hydrogen) atoms. The van der Waals surface area contributed by atoms with E-state index in [1.807, 2.05) is 19.1 Å². The zero-order valence-corrected chi connectivity index (χ0v) is 11.8. The Morgan fingerprint density at radius 2 is 2.11 bits per heavy atom. The van der Waals surface area contributed by atoms with Crippen LogP contribution in [0.15, 0.2) is 24.3 Å². The maximum absolute atomic E-state index is 12.0. The van der Waals surface area contributed by atoms with Crippen LogP contribution in [0.25, 0.3) is 0 Å². The minimum atomic E-state index is -0.735. The first-order valence-electron chi connectivity index (χ1n) is 6.54. The van der Waals surface area contributed by atoms with Crippen LogP contribution in [0.5, 0.6) is 5.75 Å². The van der Waals surface area contributed by atoms with Crippen LogP contribution >= 0.6 is 0 Å². The van der Waals surface area contributed by atoms with Crippen molar-refractivity contribution in [2.75, 3.05) is 18.9 Å². The van der Waals surface area contributed by atoms with E-state index < -0.39 is 10.8 Å². The van der Waals surface area contributed by atoms with E-state index in [2.05, 4.69) is 24.4 Å². The summed E-state index contributed by atoms with van der Waals surface area (Å²) < 4.78 is 17.4. The first-order valence-corrected chi connectivity index (χ1v) is 7.92. The summed E-state index contributed by atoms with van der Waals surface area (Å²) in [4.78, 5) is 0. The predicted molar refractivity (Wildman–Crippen MR) is 75.4 cm³/mol. The highest BCUT2D eigenvalue weighted by Crippen LogP contribution is 2.22. The Hall–Kier alpha value is -0.870. The number of ether oxygens (including phenoxy) is 1. The standard InChI is InChI=1S/C14H21NO2S/c1-3-17-13-6-4-12(5-7-13)14-10-18(16)11(2)8-9-15-14/h4-7,11,14-15H,3,8-10H2,1-2H3. The zero-order valence-electron chi connectivity index (χ0n) is 11.0. The van der Waals surface area contributed by atoms with Crippen LogP contribution in [0.3, 0.4) is 0 Å². The highest BCUT2D eigenvalue weighted by molar-refractivity contribution is 7.85. The number of benzene rings is 1. The van der Waals surface area contributed by atoms with Gasteiger partial charge in [-0.1, -0.05) is 19.1 Å². The van der Waals surface area contributed by atoms with E-state index in [0.717, 1.165) is 18.7 Å². The molecule has 1 aromatic rings. The first kappa shape index (κ1) is 13.6. The van der Waals surface area contributed by atoms with Crippen LogP contribution in [0.4, 0.5) is 0 Å². The lowest BCUT2D eigenvalue weighted by atomic mass is 10.1. The molecule has 1 aliphatic heterocycles. The Labute approximate surface area is 111 Å². The van der Waals surface area contributed by atoms with Crippen molar-refractivity contribution in [1.82, 2.24) is 5.32 Å². The average Bonchev–Trinajstić information content (AvgIpc) is 2.54. The number of nitrogens with one attached hydrogen (secondary N) is 1. The highest BCUT2D eigenvalue weighted by Gasteiger charge is 2.22. The van der Waals surface area contributed by atoms with E-state index in [-0.39, 0.29) is 6.04 Å². The molecule has 2 rings (SSSR count). The Kier molecular flexibility index (Phi) is 4.78. The third-order valence-corrected chi connectivity index (χ3v) is 5.11. The van der Waals surface area contributed by atoms with E-state index in [1.165, 1.54) is 5.56 Å². The summed E-state index contributed by atoms with van der Waals surface area (Å²) in [5, 5.41) is 3.77. The van der Waals surface area contributed by atoms with Gasteiger partial charge in [-0.25, -0.2) is 0 Å². The van der Waals surface area contributed by atoms with Gasteiger partial charge in [0.2, 0.25) is 0 Å². The van der Waals surface area contributed by atoms with E-state index in [1.54, 1.807) is 0 Å². The van der Waals surface area contributed by atoms with Crippen LogP contribution in [0, 0.1) is 0 Å². The molecule has 1 heterocycles. The largest absolute Gasteiger partial charge is 0.494 e. The maximum Gasteiger partial charge on any atom is 0.119 e. The van der Waals surface area contributed by atoms with Crippen LogP contribution in [0.2, 0.25) is 0 Å². The molecule has 0 spiro atoms. The molecule has 0 radical (unpaired) electrons. The Morgan fingerprint density at radius 3 is 2.78 bits per heavy atom. The van der Waals surface area contributed by atoms with Crippen molar-refractivity contribution >= 4 is 10.8 Å². The molecule has 1 fully saturated rings. The minimum absolute atomic E-state index is 0.200. The van der Waals surface area contributed by atoms with Crippen molar-refractivity contribution in [2.24, 2.45) is 0 Å². The smallest absolute Gasteiger partial charge is 0.119 e. The van der Waals surface area contributed by atoms with Gasteiger partial charge in [0, 0.05) is 27.8 Å². The van der Waals surface area contributed by atoms with Gasteiger partial charge in [0.15, 0.2) is 0 Å². The average molecular weight is 267 g/mol. The summed E-state index contributed by atoms with van der Waals surface area (Å²) in [5.41, 5.74) is 1.20. The van der Waals surface area contributed by atoms with E-state index in [0.29, 0.717) is 17.6 Å². The second-order valence-electron chi connectivity index (χ2n) is 4.66. The molecule has 1 saturated heterocycles. The molecule has 1 aromatic carbocycles. The summed E-state index contributed by atoms with van der Waals surface area (Å²) in [5.74, 6) is 1.60. The summed E-state index contributed by atoms with van der Waals surface area (Å²) in [6.45, 7) is 5.66. The van der Waals surface area contributed by atoms with Gasteiger partial charge in [-0.2, -0.15) is 0 Å². The van der Waals surface area contributed by atoms with Gasteiger partial charge in [0.25, 0.3) is 0 Å². The lowest BCUT2D eigenvalue weighted by molar-refractivity contribution is 0.340. The lowest BCUT2D eigenvalue weighted by Crippen LogP contribution is -2.23. The molecular weight excluding hydrogens is 246 g/mol.